The Morgan fingerprint density at radius 1 is 1.00 bits per heavy atom. The van der Waals surface area contributed by atoms with E-state index < -0.39 is 0 Å². The number of nitrogens with zero attached hydrogens (tertiary/aromatic N) is 3. The Hall–Kier alpha value is -2.18. The van der Waals surface area contributed by atoms with Gasteiger partial charge in [0, 0.05) is 38.1 Å². The molecule has 0 aliphatic carbocycles. The van der Waals surface area contributed by atoms with Crippen molar-refractivity contribution in [3.8, 4) is 0 Å². The number of nitrogens with one attached hydrogen (secondary N) is 2. The summed E-state index contributed by atoms with van der Waals surface area (Å²) in [4.78, 5) is 24.3. The summed E-state index contributed by atoms with van der Waals surface area (Å²) in [6.07, 6.45) is 8.15. The maximum absolute atomic E-state index is 12.6. The van der Waals surface area contributed by atoms with E-state index in [1.54, 1.807) is 6.20 Å². The summed E-state index contributed by atoms with van der Waals surface area (Å²) in [5, 5.41) is 3.34. The molecule has 29 heavy (non-hydrogen) atoms. The Morgan fingerprint density at radius 3 is 2.31 bits per heavy atom. The van der Waals surface area contributed by atoms with E-state index in [4.69, 9.17) is 0 Å². The van der Waals surface area contributed by atoms with Gasteiger partial charge in [-0.3, -0.25) is 4.79 Å². The molecular formula is C23H37N5O. The quantitative estimate of drug-likeness (QED) is 0.476. The lowest BCUT2D eigenvalue weighted by atomic mass is 10.1. The van der Waals surface area contributed by atoms with Crippen LogP contribution in [-0.4, -0.2) is 58.9 Å². The summed E-state index contributed by atoms with van der Waals surface area (Å²) in [7, 11) is 1.90. The number of aromatic nitrogens is 2. The number of imidazole rings is 1. The first-order valence-corrected chi connectivity index (χ1v) is 10.9. The molecule has 2 aromatic rings. The summed E-state index contributed by atoms with van der Waals surface area (Å²) in [5.41, 5.74) is 1.91. The standard InChI is InChI=1S/C23H37N5O/c1-4-14-28(15-5-2)17-7-6-16-27(3)23(29)21-10-8-20(9-11-21)18-24-19-22-25-12-13-26-22/h8-13,24H,4-7,14-19H2,1-3H3,(H,25,26). The first-order valence-electron chi connectivity index (χ1n) is 10.9. The Balaban J connectivity index is 1.70. The highest BCUT2D eigenvalue weighted by atomic mass is 16.2. The van der Waals surface area contributed by atoms with Gasteiger partial charge >= 0.3 is 0 Å². The summed E-state index contributed by atoms with van der Waals surface area (Å²) >= 11 is 0. The van der Waals surface area contributed by atoms with Crippen LogP contribution in [0, 0.1) is 0 Å². The van der Waals surface area contributed by atoms with Gasteiger partial charge in [-0.25, -0.2) is 4.98 Å². The highest BCUT2D eigenvalue weighted by Gasteiger charge is 2.11. The lowest BCUT2D eigenvalue weighted by Gasteiger charge is -2.22. The van der Waals surface area contributed by atoms with Gasteiger partial charge in [-0.1, -0.05) is 26.0 Å². The van der Waals surface area contributed by atoms with Crippen molar-refractivity contribution in [2.45, 2.75) is 52.6 Å². The van der Waals surface area contributed by atoms with E-state index in [0.717, 1.165) is 49.4 Å². The molecule has 2 rings (SSSR count). The maximum Gasteiger partial charge on any atom is 0.253 e. The number of carbonyl (C=O) groups excluding carboxylic acids is 1. The lowest BCUT2D eigenvalue weighted by Crippen LogP contribution is -2.30. The number of benzene rings is 1. The minimum absolute atomic E-state index is 0.0964. The Morgan fingerprint density at radius 2 is 1.69 bits per heavy atom. The molecule has 0 spiro atoms. The van der Waals surface area contributed by atoms with Gasteiger partial charge in [-0.15, -0.1) is 0 Å². The van der Waals surface area contributed by atoms with E-state index in [0.29, 0.717) is 6.54 Å². The van der Waals surface area contributed by atoms with Gasteiger partial charge in [-0.2, -0.15) is 0 Å². The molecule has 0 saturated carbocycles. The maximum atomic E-state index is 12.6. The molecule has 0 aliphatic rings. The van der Waals surface area contributed by atoms with E-state index >= 15 is 0 Å². The van der Waals surface area contributed by atoms with E-state index in [1.165, 1.54) is 25.9 Å². The number of amides is 1. The van der Waals surface area contributed by atoms with Crippen molar-refractivity contribution >= 4 is 5.91 Å². The zero-order valence-electron chi connectivity index (χ0n) is 18.3. The van der Waals surface area contributed by atoms with Gasteiger partial charge in [0.2, 0.25) is 0 Å². The fraction of sp³-hybridized carbons (Fsp3) is 0.565. The number of aromatic amines is 1. The van der Waals surface area contributed by atoms with E-state index in [9.17, 15) is 4.79 Å². The fourth-order valence-electron chi connectivity index (χ4n) is 3.46. The van der Waals surface area contributed by atoms with Crippen molar-refractivity contribution < 1.29 is 4.79 Å². The summed E-state index contributed by atoms with van der Waals surface area (Å²) in [6.45, 7) is 10.2. The van der Waals surface area contributed by atoms with Gasteiger partial charge in [0.15, 0.2) is 0 Å². The third-order valence-electron chi connectivity index (χ3n) is 5.02. The average molecular weight is 400 g/mol. The molecule has 0 saturated heterocycles. The number of hydrogen-bond donors (Lipinski definition) is 2. The topological polar surface area (TPSA) is 64.3 Å². The SMILES string of the molecule is CCCN(CCC)CCCCN(C)C(=O)c1ccc(CNCc2ncc[nH]2)cc1. The van der Waals surface area contributed by atoms with Crippen LogP contribution in [0.3, 0.4) is 0 Å². The van der Waals surface area contributed by atoms with Crippen molar-refractivity contribution in [2.75, 3.05) is 33.2 Å². The average Bonchev–Trinajstić information content (AvgIpc) is 3.25. The van der Waals surface area contributed by atoms with Gasteiger partial charge < -0.3 is 20.1 Å². The number of hydrogen-bond acceptors (Lipinski definition) is 4. The normalized spacial score (nSPS) is 11.2. The largest absolute Gasteiger partial charge is 0.348 e. The van der Waals surface area contributed by atoms with Gasteiger partial charge in [0.25, 0.3) is 5.91 Å². The van der Waals surface area contributed by atoms with Crippen LogP contribution < -0.4 is 5.32 Å². The van der Waals surface area contributed by atoms with Crippen molar-refractivity contribution in [1.82, 2.24) is 25.1 Å². The second-order valence-corrected chi connectivity index (χ2v) is 7.61. The Labute approximate surface area is 175 Å². The van der Waals surface area contributed by atoms with E-state index in [2.05, 4.69) is 34.0 Å². The van der Waals surface area contributed by atoms with Crippen LogP contribution in [0.5, 0.6) is 0 Å². The zero-order chi connectivity index (χ0) is 20.9. The minimum Gasteiger partial charge on any atom is -0.348 e. The predicted molar refractivity (Wildman–Crippen MR) is 119 cm³/mol. The highest BCUT2D eigenvalue weighted by Crippen LogP contribution is 2.08. The number of H-pyrrole nitrogens is 1. The van der Waals surface area contributed by atoms with Crippen LogP contribution in [-0.2, 0) is 13.1 Å². The molecule has 1 aromatic heterocycles. The van der Waals surface area contributed by atoms with Crippen molar-refractivity contribution in [3.63, 3.8) is 0 Å². The van der Waals surface area contributed by atoms with Crippen LogP contribution in [0.2, 0.25) is 0 Å². The monoisotopic (exact) mass is 399 g/mol. The molecule has 1 aromatic carbocycles. The summed E-state index contributed by atoms with van der Waals surface area (Å²) in [5.74, 6) is 1.02. The first kappa shape index (κ1) is 23.1. The van der Waals surface area contributed by atoms with Crippen LogP contribution >= 0.6 is 0 Å². The smallest absolute Gasteiger partial charge is 0.253 e. The molecule has 2 N–H and O–H groups in total. The number of unbranched alkanes of at least 4 members (excludes halogenated alkanes) is 1. The Kier molecular flexibility index (Phi) is 10.5. The van der Waals surface area contributed by atoms with Crippen LogP contribution in [0.4, 0.5) is 0 Å². The van der Waals surface area contributed by atoms with Crippen molar-refractivity contribution in [1.29, 1.82) is 0 Å². The van der Waals surface area contributed by atoms with Crippen LogP contribution in [0.15, 0.2) is 36.7 Å². The third-order valence-corrected chi connectivity index (χ3v) is 5.02. The summed E-state index contributed by atoms with van der Waals surface area (Å²) in [6, 6.07) is 7.88. The predicted octanol–water partition coefficient (Wildman–Crippen LogP) is 3.67. The van der Waals surface area contributed by atoms with E-state index in [1.807, 2.05) is 42.4 Å². The molecule has 0 fully saturated rings. The zero-order valence-corrected chi connectivity index (χ0v) is 18.3. The van der Waals surface area contributed by atoms with Gasteiger partial charge in [0.05, 0.1) is 6.54 Å². The van der Waals surface area contributed by atoms with Gasteiger partial charge in [0.1, 0.15) is 5.82 Å². The van der Waals surface area contributed by atoms with E-state index in [-0.39, 0.29) is 5.91 Å². The van der Waals surface area contributed by atoms with Crippen LogP contribution in [0.25, 0.3) is 0 Å². The molecular weight excluding hydrogens is 362 g/mol. The van der Waals surface area contributed by atoms with Crippen LogP contribution in [0.1, 0.15) is 61.3 Å². The molecule has 0 radical (unpaired) electrons. The third kappa shape index (κ3) is 8.38. The molecule has 0 unspecified atom stereocenters. The number of carbonyl (C=O) groups is 1. The van der Waals surface area contributed by atoms with Crippen molar-refractivity contribution in [2.24, 2.45) is 0 Å². The molecule has 0 atom stereocenters. The van der Waals surface area contributed by atoms with Gasteiger partial charge in [-0.05, 0) is 63.0 Å². The minimum atomic E-state index is 0.0964. The molecule has 6 heteroatoms. The first-order chi connectivity index (χ1) is 14.1. The molecule has 160 valence electrons. The lowest BCUT2D eigenvalue weighted by molar-refractivity contribution is 0.0791. The van der Waals surface area contributed by atoms with Crippen molar-refractivity contribution in [3.05, 3.63) is 53.6 Å². The highest BCUT2D eigenvalue weighted by molar-refractivity contribution is 5.94. The molecule has 0 bridgehead atoms. The fourth-order valence-corrected chi connectivity index (χ4v) is 3.46. The molecule has 6 nitrogen and oxygen atoms in total. The second kappa shape index (κ2) is 13.1. The Bertz CT molecular complexity index is 678. The molecule has 1 amide bonds. The molecule has 1 heterocycles. The number of rotatable bonds is 14. The second-order valence-electron chi connectivity index (χ2n) is 7.61. The molecule has 0 aliphatic heterocycles. The summed E-state index contributed by atoms with van der Waals surface area (Å²) < 4.78 is 0.